The van der Waals surface area contributed by atoms with Gasteiger partial charge in [0.15, 0.2) is 0 Å². The molecule has 7 heteroatoms. The van der Waals surface area contributed by atoms with Gasteiger partial charge in [-0.2, -0.15) is 5.10 Å². The lowest BCUT2D eigenvalue weighted by atomic mass is 9.72. The van der Waals surface area contributed by atoms with Crippen LogP contribution in [0.4, 0.5) is 0 Å². The number of carbonyl (C=O) groups excluding carboxylic acids is 2. The van der Waals surface area contributed by atoms with Gasteiger partial charge in [0.05, 0.1) is 12.2 Å². The van der Waals surface area contributed by atoms with Crippen LogP contribution in [0.3, 0.4) is 0 Å². The molecule has 7 nitrogen and oxygen atoms in total. The average molecular weight is 381 g/mol. The minimum absolute atomic E-state index is 0.140. The summed E-state index contributed by atoms with van der Waals surface area (Å²) < 4.78 is 1.80. The van der Waals surface area contributed by atoms with Gasteiger partial charge in [-0.05, 0) is 42.9 Å². The number of piperidine rings is 2. The maximum absolute atomic E-state index is 12.5. The molecule has 1 spiro atoms. The van der Waals surface area contributed by atoms with Crippen molar-refractivity contribution in [2.75, 3.05) is 19.6 Å². The molecule has 0 atom stereocenters. The van der Waals surface area contributed by atoms with Crippen LogP contribution in [0.25, 0.3) is 0 Å². The van der Waals surface area contributed by atoms with Crippen LogP contribution >= 0.6 is 0 Å². The van der Waals surface area contributed by atoms with Crippen molar-refractivity contribution in [3.05, 3.63) is 48.5 Å². The molecule has 2 aromatic heterocycles. The van der Waals surface area contributed by atoms with E-state index in [4.69, 9.17) is 0 Å². The van der Waals surface area contributed by atoms with Crippen molar-refractivity contribution in [2.24, 2.45) is 5.41 Å². The molecule has 28 heavy (non-hydrogen) atoms. The van der Waals surface area contributed by atoms with E-state index in [0.29, 0.717) is 25.9 Å². The Labute approximate surface area is 165 Å². The van der Waals surface area contributed by atoms with E-state index < -0.39 is 0 Å². The molecule has 2 amide bonds. The molecular formula is C21H27N5O2. The second-order valence-electron chi connectivity index (χ2n) is 7.97. The van der Waals surface area contributed by atoms with Crippen molar-refractivity contribution in [1.29, 1.82) is 0 Å². The van der Waals surface area contributed by atoms with Crippen LogP contribution in [-0.4, -0.2) is 56.0 Å². The first-order chi connectivity index (χ1) is 13.6. The molecule has 4 rings (SSSR count). The molecule has 2 fully saturated rings. The molecule has 2 saturated heterocycles. The van der Waals surface area contributed by atoms with Crippen LogP contribution in [-0.2, 0) is 22.7 Å². The number of rotatable bonds is 5. The highest BCUT2D eigenvalue weighted by Crippen LogP contribution is 2.40. The molecule has 0 unspecified atom stereocenters. The van der Waals surface area contributed by atoms with Crippen molar-refractivity contribution in [3.8, 4) is 0 Å². The molecule has 0 aliphatic carbocycles. The zero-order valence-electron chi connectivity index (χ0n) is 16.2. The third-order valence-corrected chi connectivity index (χ3v) is 6.12. The Kier molecular flexibility index (Phi) is 5.41. The lowest BCUT2D eigenvalue weighted by molar-refractivity contribution is -0.143. The van der Waals surface area contributed by atoms with Crippen molar-refractivity contribution in [3.63, 3.8) is 0 Å². The van der Waals surface area contributed by atoms with E-state index in [2.05, 4.69) is 10.1 Å². The number of aryl methyl sites for hydroxylation is 1. The van der Waals surface area contributed by atoms with Gasteiger partial charge in [0.2, 0.25) is 11.8 Å². The molecule has 148 valence electrons. The maximum Gasteiger partial charge on any atom is 0.224 e. The van der Waals surface area contributed by atoms with Crippen LogP contribution in [0.1, 0.15) is 37.8 Å². The van der Waals surface area contributed by atoms with E-state index in [-0.39, 0.29) is 17.2 Å². The number of pyridine rings is 1. The summed E-state index contributed by atoms with van der Waals surface area (Å²) in [7, 11) is 0. The van der Waals surface area contributed by atoms with Gasteiger partial charge >= 0.3 is 0 Å². The van der Waals surface area contributed by atoms with Crippen LogP contribution in [0.5, 0.6) is 0 Å². The fourth-order valence-electron chi connectivity index (χ4n) is 4.37. The number of nitrogens with zero attached hydrogens (tertiary/aromatic N) is 5. The van der Waals surface area contributed by atoms with Gasteiger partial charge in [-0.1, -0.05) is 6.07 Å². The van der Waals surface area contributed by atoms with Gasteiger partial charge < -0.3 is 9.80 Å². The largest absolute Gasteiger partial charge is 0.343 e. The lowest BCUT2D eigenvalue weighted by Crippen LogP contribution is -2.52. The van der Waals surface area contributed by atoms with E-state index in [0.717, 1.165) is 44.6 Å². The molecule has 4 heterocycles. The SMILES string of the molecule is O=C(CCn1cccn1)N1CCC2(CCC(=O)N(Cc3ccccn3)C2)CC1. The molecular weight excluding hydrogens is 354 g/mol. The minimum Gasteiger partial charge on any atom is -0.343 e. The topological polar surface area (TPSA) is 71.3 Å². The molecule has 0 N–H and O–H groups in total. The Morgan fingerprint density at radius 1 is 1.11 bits per heavy atom. The number of aromatic nitrogens is 3. The Morgan fingerprint density at radius 2 is 1.96 bits per heavy atom. The first-order valence-corrected chi connectivity index (χ1v) is 10.1. The molecule has 0 bridgehead atoms. The number of hydrogen-bond acceptors (Lipinski definition) is 4. The highest BCUT2D eigenvalue weighted by molar-refractivity contribution is 5.77. The number of amides is 2. The summed E-state index contributed by atoms with van der Waals surface area (Å²) in [5, 5.41) is 4.15. The van der Waals surface area contributed by atoms with Crippen molar-refractivity contribution >= 4 is 11.8 Å². The first-order valence-electron chi connectivity index (χ1n) is 10.1. The van der Waals surface area contributed by atoms with Crippen LogP contribution < -0.4 is 0 Å². The van der Waals surface area contributed by atoms with E-state index in [1.807, 2.05) is 40.3 Å². The molecule has 2 aliphatic rings. The van der Waals surface area contributed by atoms with Gasteiger partial charge in [0, 0.05) is 57.6 Å². The molecule has 2 aliphatic heterocycles. The molecule has 0 saturated carbocycles. The Bertz CT molecular complexity index is 797. The highest BCUT2D eigenvalue weighted by atomic mass is 16.2. The quantitative estimate of drug-likeness (QED) is 0.795. The monoisotopic (exact) mass is 381 g/mol. The van der Waals surface area contributed by atoms with Crippen LogP contribution in [0.2, 0.25) is 0 Å². The predicted molar refractivity (Wildman–Crippen MR) is 104 cm³/mol. The van der Waals surface area contributed by atoms with Gasteiger partial charge in [0.25, 0.3) is 0 Å². The Balaban J connectivity index is 1.31. The third-order valence-electron chi connectivity index (χ3n) is 6.12. The maximum atomic E-state index is 12.5. The molecule has 2 aromatic rings. The number of carbonyl (C=O) groups is 2. The summed E-state index contributed by atoms with van der Waals surface area (Å²) in [5.74, 6) is 0.414. The summed E-state index contributed by atoms with van der Waals surface area (Å²) in [4.78, 5) is 33.3. The van der Waals surface area contributed by atoms with E-state index in [9.17, 15) is 9.59 Å². The van der Waals surface area contributed by atoms with Gasteiger partial charge in [-0.25, -0.2) is 0 Å². The summed E-state index contributed by atoms with van der Waals surface area (Å²) in [5.41, 5.74) is 1.07. The predicted octanol–water partition coefficient (Wildman–Crippen LogP) is 2.10. The van der Waals surface area contributed by atoms with Gasteiger partial charge in [-0.3, -0.25) is 19.3 Å². The normalized spacial score (nSPS) is 19.2. The number of likely N-dealkylation sites (tertiary alicyclic amines) is 2. The minimum atomic E-state index is 0.140. The lowest BCUT2D eigenvalue weighted by Gasteiger charge is -2.47. The fraction of sp³-hybridized carbons (Fsp3) is 0.524. The summed E-state index contributed by atoms with van der Waals surface area (Å²) in [6, 6.07) is 7.69. The van der Waals surface area contributed by atoms with Crippen LogP contribution in [0.15, 0.2) is 42.9 Å². The summed E-state index contributed by atoms with van der Waals surface area (Å²) in [6.07, 6.45) is 9.33. The molecule has 0 radical (unpaired) electrons. The average Bonchev–Trinajstić information content (AvgIpc) is 3.24. The first kappa shape index (κ1) is 18.7. The van der Waals surface area contributed by atoms with Gasteiger partial charge in [-0.15, -0.1) is 0 Å². The highest BCUT2D eigenvalue weighted by Gasteiger charge is 2.41. The zero-order valence-corrected chi connectivity index (χ0v) is 16.2. The zero-order chi connectivity index (χ0) is 19.4. The second-order valence-corrected chi connectivity index (χ2v) is 7.97. The third kappa shape index (κ3) is 4.24. The Morgan fingerprint density at radius 3 is 2.68 bits per heavy atom. The van der Waals surface area contributed by atoms with Crippen LogP contribution in [0, 0.1) is 5.41 Å². The second kappa shape index (κ2) is 8.12. The smallest absolute Gasteiger partial charge is 0.224 e. The number of hydrogen-bond donors (Lipinski definition) is 0. The van der Waals surface area contributed by atoms with Crippen molar-refractivity contribution < 1.29 is 9.59 Å². The van der Waals surface area contributed by atoms with Crippen molar-refractivity contribution in [2.45, 2.75) is 45.2 Å². The van der Waals surface area contributed by atoms with E-state index in [1.54, 1.807) is 17.1 Å². The fourth-order valence-corrected chi connectivity index (χ4v) is 4.37. The molecule has 0 aromatic carbocycles. The van der Waals surface area contributed by atoms with E-state index in [1.165, 1.54) is 0 Å². The summed E-state index contributed by atoms with van der Waals surface area (Å²) in [6.45, 7) is 3.54. The summed E-state index contributed by atoms with van der Waals surface area (Å²) >= 11 is 0. The van der Waals surface area contributed by atoms with Crippen molar-refractivity contribution in [1.82, 2.24) is 24.6 Å². The van der Waals surface area contributed by atoms with Gasteiger partial charge in [0.1, 0.15) is 0 Å². The standard InChI is InChI=1S/C21H27N5O2/c27-19-5-7-21(17-25(19)16-18-4-1-2-10-22-18)8-14-24(15-9-21)20(28)6-13-26-12-3-11-23-26/h1-4,10-12H,5-9,13-17H2. The Hall–Kier alpha value is -2.70. The van der Waals surface area contributed by atoms with E-state index >= 15 is 0 Å².